The number of halogens is 2. The minimum absolute atomic E-state index is 0.115. The van der Waals surface area contributed by atoms with Crippen molar-refractivity contribution < 1.29 is 23.5 Å². The number of allylic oxidation sites excluding steroid dienone is 1. The monoisotopic (exact) mass is 283 g/mol. The second-order valence-corrected chi connectivity index (χ2v) is 4.24. The summed E-state index contributed by atoms with van der Waals surface area (Å²) in [7, 11) is 0. The fourth-order valence-corrected chi connectivity index (χ4v) is 1.64. The van der Waals surface area contributed by atoms with Crippen molar-refractivity contribution in [3.8, 4) is 0 Å². The lowest BCUT2D eigenvalue weighted by molar-refractivity contribution is -0.141. The molecule has 1 rings (SSSR count). The van der Waals surface area contributed by atoms with Gasteiger partial charge in [-0.05, 0) is 31.0 Å². The summed E-state index contributed by atoms with van der Waals surface area (Å²) in [6.07, 6.45) is 1.73. The van der Waals surface area contributed by atoms with Crippen LogP contribution in [0, 0.1) is 11.6 Å². The van der Waals surface area contributed by atoms with Crippen LogP contribution < -0.4 is 5.32 Å². The molecule has 0 bridgehead atoms. The molecule has 2 N–H and O–H groups in total. The van der Waals surface area contributed by atoms with Gasteiger partial charge in [-0.15, -0.1) is 6.58 Å². The van der Waals surface area contributed by atoms with Gasteiger partial charge in [-0.1, -0.05) is 6.08 Å². The molecule has 0 aromatic heterocycles. The molecule has 0 saturated heterocycles. The predicted molar refractivity (Wildman–Crippen MR) is 69.1 cm³/mol. The van der Waals surface area contributed by atoms with Crippen molar-refractivity contribution >= 4 is 11.9 Å². The van der Waals surface area contributed by atoms with Gasteiger partial charge in [0.15, 0.2) is 0 Å². The number of amides is 1. The summed E-state index contributed by atoms with van der Waals surface area (Å²) in [4.78, 5) is 22.6. The zero-order chi connectivity index (χ0) is 15.1. The SMILES string of the molecule is C=CCCC(NC(=O)Cc1cc(F)ccc1F)C(=O)O. The molecule has 0 radical (unpaired) electrons. The number of aliphatic carboxylic acids is 1. The molecule has 0 fully saturated rings. The minimum Gasteiger partial charge on any atom is -0.480 e. The molecule has 0 aliphatic heterocycles. The Morgan fingerprint density at radius 3 is 2.70 bits per heavy atom. The highest BCUT2D eigenvalue weighted by atomic mass is 19.1. The van der Waals surface area contributed by atoms with Crippen molar-refractivity contribution in [2.24, 2.45) is 0 Å². The summed E-state index contributed by atoms with van der Waals surface area (Å²) in [5.41, 5.74) is -0.115. The summed E-state index contributed by atoms with van der Waals surface area (Å²) < 4.78 is 26.3. The number of carboxylic acid groups (broad SMARTS) is 1. The van der Waals surface area contributed by atoms with Crippen molar-refractivity contribution in [2.45, 2.75) is 25.3 Å². The van der Waals surface area contributed by atoms with E-state index in [9.17, 15) is 18.4 Å². The second-order valence-electron chi connectivity index (χ2n) is 4.24. The normalized spacial score (nSPS) is 11.7. The first-order valence-corrected chi connectivity index (χ1v) is 6.01. The molecule has 0 heterocycles. The molecule has 1 atom stereocenters. The van der Waals surface area contributed by atoms with Crippen molar-refractivity contribution in [3.63, 3.8) is 0 Å². The Hall–Kier alpha value is -2.24. The first kappa shape index (κ1) is 15.8. The number of hydrogen-bond acceptors (Lipinski definition) is 2. The topological polar surface area (TPSA) is 66.4 Å². The Labute approximate surface area is 115 Å². The van der Waals surface area contributed by atoms with Crippen LogP contribution in [0.4, 0.5) is 8.78 Å². The highest BCUT2D eigenvalue weighted by Crippen LogP contribution is 2.10. The van der Waals surface area contributed by atoms with Crippen LogP contribution in [-0.2, 0) is 16.0 Å². The number of carbonyl (C=O) groups is 2. The first-order valence-electron chi connectivity index (χ1n) is 6.01. The number of rotatable bonds is 7. The average molecular weight is 283 g/mol. The maximum absolute atomic E-state index is 13.4. The minimum atomic E-state index is -1.18. The quantitative estimate of drug-likeness (QED) is 0.753. The van der Waals surface area contributed by atoms with E-state index in [0.717, 1.165) is 18.2 Å². The molecule has 6 heteroatoms. The standard InChI is InChI=1S/C14H15F2NO3/c1-2-3-4-12(14(19)20)17-13(18)8-9-7-10(15)5-6-11(9)16/h2,5-7,12H,1,3-4,8H2,(H,17,18)(H,19,20). The Kier molecular flexibility index (Phi) is 5.83. The molecule has 4 nitrogen and oxygen atoms in total. The van der Waals surface area contributed by atoms with E-state index in [1.165, 1.54) is 6.08 Å². The third kappa shape index (κ3) is 4.79. The van der Waals surface area contributed by atoms with Crippen LogP contribution >= 0.6 is 0 Å². The van der Waals surface area contributed by atoms with E-state index in [4.69, 9.17) is 5.11 Å². The number of benzene rings is 1. The van der Waals surface area contributed by atoms with E-state index in [1.807, 2.05) is 0 Å². The summed E-state index contributed by atoms with van der Waals surface area (Å²) in [6.45, 7) is 3.46. The zero-order valence-electron chi connectivity index (χ0n) is 10.7. The molecule has 20 heavy (non-hydrogen) atoms. The summed E-state index contributed by atoms with van der Waals surface area (Å²) >= 11 is 0. The lowest BCUT2D eigenvalue weighted by atomic mass is 10.1. The van der Waals surface area contributed by atoms with Gasteiger partial charge in [-0.2, -0.15) is 0 Å². The third-order valence-electron chi connectivity index (χ3n) is 2.65. The van der Waals surface area contributed by atoms with Gasteiger partial charge in [0.05, 0.1) is 6.42 Å². The maximum Gasteiger partial charge on any atom is 0.326 e. The van der Waals surface area contributed by atoms with Gasteiger partial charge in [0.25, 0.3) is 0 Å². The summed E-state index contributed by atoms with van der Waals surface area (Å²) in [5, 5.41) is 11.2. The fraction of sp³-hybridized carbons (Fsp3) is 0.286. The molecule has 0 saturated carbocycles. The molecule has 0 spiro atoms. The Bertz CT molecular complexity index is 517. The number of carbonyl (C=O) groups excluding carboxylic acids is 1. The van der Waals surface area contributed by atoms with Crippen molar-refractivity contribution in [3.05, 3.63) is 48.1 Å². The molecule has 0 aliphatic carbocycles. The van der Waals surface area contributed by atoms with E-state index >= 15 is 0 Å². The van der Waals surface area contributed by atoms with Crippen LogP contribution in [0.5, 0.6) is 0 Å². The van der Waals surface area contributed by atoms with Gasteiger partial charge in [-0.3, -0.25) is 4.79 Å². The maximum atomic E-state index is 13.4. The van der Waals surface area contributed by atoms with Crippen molar-refractivity contribution in [1.29, 1.82) is 0 Å². The smallest absolute Gasteiger partial charge is 0.326 e. The number of nitrogens with one attached hydrogen (secondary N) is 1. The molecular formula is C14H15F2NO3. The second kappa shape index (κ2) is 7.37. The highest BCUT2D eigenvalue weighted by Gasteiger charge is 2.19. The Balaban J connectivity index is 2.67. The number of hydrogen-bond donors (Lipinski definition) is 2. The predicted octanol–water partition coefficient (Wildman–Crippen LogP) is 2.04. The van der Waals surface area contributed by atoms with Crippen LogP contribution in [0.2, 0.25) is 0 Å². The lowest BCUT2D eigenvalue weighted by Gasteiger charge is -2.13. The van der Waals surface area contributed by atoms with Crippen LogP contribution in [0.15, 0.2) is 30.9 Å². The molecule has 108 valence electrons. The Morgan fingerprint density at radius 2 is 2.10 bits per heavy atom. The molecular weight excluding hydrogens is 268 g/mol. The van der Waals surface area contributed by atoms with Crippen LogP contribution in [0.1, 0.15) is 18.4 Å². The number of carboxylic acids is 1. The van der Waals surface area contributed by atoms with Crippen LogP contribution in [0.25, 0.3) is 0 Å². The van der Waals surface area contributed by atoms with Gasteiger partial charge in [0, 0.05) is 5.56 Å². The van der Waals surface area contributed by atoms with Crippen LogP contribution in [-0.4, -0.2) is 23.0 Å². The molecule has 1 aromatic rings. The van der Waals surface area contributed by atoms with Crippen LogP contribution in [0.3, 0.4) is 0 Å². The van der Waals surface area contributed by atoms with Crippen molar-refractivity contribution in [2.75, 3.05) is 0 Å². The zero-order valence-corrected chi connectivity index (χ0v) is 10.7. The highest BCUT2D eigenvalue weighted by molar-refractivity contribution is 5.84. The molecule has 0 aliphatic rings. The van der Waals surface area contributed by atoms with Crippen molar-refractivity contribution in [1.82, 2.24) is 5.32 Å². The molecule has 1 aromatic carbocycles. The summed E-state index contributed by atoms with van der Waals surface area (Å²) in [5.74, 6) is -3.22. The van der Waals surface area contributed by atoms with E-state index in [0.29, 0.717) is 6.42 Å². The van der Waals surface area contributed by atoms with Gasteiger partial charge in [0.1, 0.15) is 17.7 Å². The van der Waals surface area contributed by atoms with Gasteiger partial charge in [0.2, 0.25) is 5.91 Å². The van der Waals surface area contributed by atoms with E-state index in [1.54, 1.807) is 0 Å². The third-order valence-corrected chi connectivity index (χ3v) is 2.65. The lowest BCUT2D eigenvalue weighted by Crippen LogP contribution is -2.41. The largest absolute Gasteiger partial charge is 0.480 e. The molecule has 1 unspecified atom stereocenters. The fourth-order valence-electron chi connectivity index (χ4n) is 1.64. The van der Waals surface area contributed by atoms with Gasteiger partial charge in [-0.25, -0.2) is 13.6 Å². The van der Waals surface area contributed by atoms with E-state index in [-0.39, 0.29) is 12.0 Å². The summed E-state index contributed by atoms with van der Waals surface area (Å²) in [6, 6.07) is 1.71. The van der Waals surface area contributed by atoms with E-state index in [2.05, 4.69) is 11.9 Å². The average Bonchev–Trinajstić information content (AvgIpc) is 2.38. The first-order chi connectivity index (χ1) is 9.43. The van der Waals surface area contributed by atoms with Gasteiger partial charge < -0.3 is 10.4 Å². The van der Waals surface area contributed by atoms with E-state index < -0.39 is 36.0 Å². The Morgan fingerprint density at radius 1 is 1.40 bits per heavy atom. The molecule has 1 amide bonds. The van der Waals surface area contributed by atoms with Gasteiger partial charge >= 0.3 is 5.97 Å².